The number of hydrogen-bond acceptors (Lipinski definition) is 5. The molecule has 9 nitrogen and oxygen atoms in total. The molecule has 0 saturated heterocycles. The van der Waals surface area contributed by atoms with Crippen LogP contribution in [0, 0.1) is 11.7 Å². The summed E-state index contributed by atoms with van der Waals surface area (Å²) in [4.78, 5) is 44.0. The molecule has 1 aliphatic rings. The predicted molar refractivity (Wildman–Crippen MR) is 116 cm³/mol. The fourth-order valence-electron chi connectivity index (χ4n) is 3.57. The van der Waals surface area contributed by atoms with E-state index in [1.807, 2.05) is 0 Å². The second-order valence-electron chi connectivity index (χ2n) is 7.51. The molecule has 0 atom stereocenters. The molecule has 1 heterocycles. The number of carbonyl (C=O) groups excluding carboxylic acids is 3. The van der Waals surface area contributed by atoms with Gasteiger partial charge in [-0.2, -0.15) is 0 Å². The molecule has 172 valence electrons. The summed E-state index contributed by atoms with van der Waals surface area (Å²) >= 11 is 5.97. The Kier molecular flexibility index (Phi) is 8.18. The second kappa shape index (κ2) is 11.1. The highest BCUT2D eigenvalue weighted by molar-refractivity contribution is 6.33. The highest BCUT2D eigenvalue weighted by Crippen LogP contribution is 2.28. The summed E-state index contributed by atoms with van der Waals surface area (Å²) in [6.45, 7) is 0.653. The van der Waals surface area contributed by atoms with Crippen molar-refractivity contribution in [2.24, 2.45) is 5.92 Å². The number of nitrogens with one attached hydrogen (secondary N) is 4. The van der Waals surface area contributed by atoms with Crippen LogP contribution in [0.3, 0.4) is 0 Å². The summed E-state index contributed by atoms with van der Waals surface area (Å²) in [6.07, 6.45) is 3.64. The maximum Gasteiger partial charge on any atom is 0.272 e. The quantitative estimate of drug-likeness (QED) is 0.446. The highest BCUT2D eigenvalue weighted by Gasteiger charge is 2.29. The van der Waals surface area contributed by atoms with Gasteiger partial charge in [0.15, 0.2) is 5.69 Å². The van der Waals surface area contributed by atoms with Crippen LogP contribution in [-0.4, -0.2) is 54.0 Å². The molecule has 1 aliphatic carbocycles. The van der Waals surface area contributed by atoms with Crippen LogP contribution in [0.1, 0.15) is 46.7 Å². The second-order valence-corrected chi connectivity index (χ2v) is 7.92. The summed E-state index contributed by atoms with van der Waals surface area (Å²) in [7, 11) is 1.52. The summed E-state index contributed by atoms with van der Waals surface area (Å²) in [5.41, 5.74) is 0.470. The molecule has 0 unspecified atom stereocenters. The standard InChI is InChI=1S/C21H25ClFN5O4/c1-32-9-8-24-20(30)17-18(26-11-25-17)21(31)27-14-5-2-12(3-6-14)19(29)28-16-7-4-13(23)10-15(16)22/h4,7,10-12,14H,2-3,5-6,8-9H2,1H3,(H,24,30)(H,25,26)(H,27,31)(H,28,29)/t12-,14-. The zero-order valence-electron chi connectivity index (χ0n) is 17.5. The highest BCUT2D eigenvalue weighted by atomic mass is 35.5. The van der Waals surface area contributed by atoms with E-state index in [9.17, 15) is 18.8 Å². The van der Waals surface area contributed by atoms with Crippen LogP contribution in [-0.2, 0) is 9.53 Å². The maximum atomic E-state index is 13.2. The Balaban J connectivity index is 1.50. The van der Waals surface area contributed by atoms with Crippen LogP contribution in [0.4, 0.5) is 10.1 Å². The lowest BCUT2D eigenvalue weighted by atomic mass is 9.85. The monoisotopic (exact) mass is 465 g/mol. The van der Waals surface area contributed by atoms with Gasteiger partial charge in [0.1, 0.15) is 11.5 Å². The number of anilines is 1. The molecular weight excluding hydrogens is 441 g/mol. The molecule has 1 fully saturated rings. The van der Waals surface area contributed by atoms with Crippen molar-refractivity contribution in [3.63, 3.8) is 0 Å². The lowest BCUT2D eigenvalue weighted by Gasteiger charge is -2.28. The Morgan fingerprint density at radius 2 is 1.97 bits per heavy atom. The smallest absolute Gasteiger partial charge is 0.272 e. The van der Waals surface area contributed by atoms with Gasteiger partial charge in [0.05, 0.1) is 23.6 Å². The van der Waals surface area contributed by atoms with E-state index in [2.05, 4.69) is 25.9 Å². The van der Waals surface area contributed by atoms with Crippen molar-refractivity contribution in [3.8, 4) is 0 Å². The first kappa shape index (κ1) is 23.7. The molecule has 3 rings (SSSR count). The summed E-state index contributed by atoms with van der Waals surface area (Å²) < 4.78 is 18.0. The van der Waals surface area contributed by atoms with Crippen LogP contribution in [0.25, 0.3) is 0 Å². The first-order valence-corrected chi connectivity index (χ1v) is 10.6. The average Bonchev–Trinajstić information content (AvgIpc) is 3.26. The minimum absolute atomic E-state index is 0.0165. The normalized spacial score (nSPS) is 18.1. The van der Waals surface area contributed by atoms with E-state index in [4.69, 9.17) is 16.3 Å². The van der Waals surface area contributed by atoms with Crippen LogP contribution in [0.15, 0.2) is 24.5 Å². The summed E-state index contributed by atoms with van der Waals surface area (Å²) in [5, 5.41) is 8.40. The Labute approximate surface area is 189 Å². The molecule has 4 N–H and O–H groups in total. The van der Waals surface area contributed by atoms with Gasteiger partial charge in [0.25, 0.3) is 11.8 Å². The molecule has 2 aromatic rings. The molecule has 1 saturated carbocycles. The molecule has 1 aromatic heterocycles. The third-order valence-electron chi connectivity index (χ3n) is 5.30. The molecule has 3 amide bonds. The summed E-state index contributed by atoms with van der Waals surface area (Å²) in [5.74, 6) is -1.79. The predicted octanol–water partition coefficient (Wildman–Crippen LogP) is 2.51. The Bertz CT molecular complexity index is 975. The van der Waals surface area contributed by atoms with E-state index in [1.165, 1.54) is 25.6 Å². The van der Waals surface area contributed by atoms with Gasteiger partial charge >= 0.3 is 0 Å². The SMILES string of the molecule is COCCNC(=O)c1nc[nH]c1C(=O)N[C@H]1CC[C@H](C(=O)Nc2ccc(F)cc2Cl)CC1. The van der Waals surface area contributed by atoms with Crippen molar-refractivity contribution in [2.45, 2.75) is 31.7 Å². The van der Waals surface area contributed by atoms with Gasteiger partial charge in [-0.15, -0.1) is 0 Å². The molecule has 1 aromatic carbocycles. The third kappa shape index (κ3) is 6.04. The number of benzene rings is 1. The molecule has 11 heteroatoms. The zero-order valence-corrected chi connectivity index (χ0v) is 18.3. The Morgan fingerprint density at radius 3 is 2.66 bits per heavy atom. The van der Waals surface area contributed by atoms with Crippen LogP contribution >= 0.6 is 11.6 Å². The van der Waals surface area contributed by atoms with Crippen molar-refractivity contribution in [3.05, 3.63) is 46.8 Å². The number of rotatable bonds is 8. The number of amides is 3. The number of methoxy groups -OCH3 is 1. The number of imidazole rings is 1. The number of aromatic amines is 1. The van der Waals surface area contributed by atoms with Gasteiger partial charge in [-0.3, -0.25) is 14.4 Å². The van der Waals surface area contributed by atoms with Crippen LogP contribution in [0.5, 0.6) is 0 Å². The Morgan fingerprint density at radius 1 is 1.22 bits per heavy atom. The number of nitrogens with zero attached hydrogens (tertiary/aromatic N) is 1. The van der Waals surface area contributed by atoms with Gasteiger partial charge < -0.3 is 25.7 Å². The van der Waals surface area contributed by atoms with E-state index in [1.54, 1.807) is 0 Å². The molecule has 0 bridgehead atoms. The van der Waals surface area contributed by atoms with Crippen molar-refractivity contribution in [2.75, 3.05) is 25.6 Å². The van der Waals surface area contributed by atoms with Crippen LogP contribution < -0.4 is 16.0 Å². The topological polar surface area (TPSA) is 125 Å². The average molecular weight is 466 g/mol. The summed E-state index contributed by atoms with van der Waals surface area (Å²) in [6, 6.07) is 3.67. The molecule has 0 radical (unpaired) electrons. The first-order chi connectivity index (χ1) is 15.4. The van der Waals surface area contributed by atoms with Gasteiger partial charge in [-0.05, 0) is 43.9 Å². The third-order valence-corrected chi connectivity index (χ3v) is 5.61. The maximum absolute atomic E-state index is 13.2. The molecular formula is C21H25ClFN5O4. The van der Waals surface area contributed by atoms with Crippen molar-refractivity contribution >= 4 is 35.0 Å². The number of hydrogen-bond donors (Lipinski definition) is 4. The minimum Gasteiger partial charge on any atom is -0.383 e. The number of ether oxygens (including phenoxy) is 1. The number of H-pyrrole nitrogens is 1. The van der Waals surface area contributed by atoms with Gasteiger partial charge in [0, 0.05) is 25.6 Å². The number of aromatic nitrogens is 2. The first-order valence-electron chi connectivity index (χ1n) is 10.3. The van der Waals surface area contributed by atoms with E-state index in [0.717, 1.165) is 6.07 Å². The molecule has 0 spiro atoms. The fraction of sp³-hybridized carbons (Fsp3) is 0.429. The van der Waals surface area contributed by atoms with E-state index in [-0.39, 0.29) is 34.3 Å². The van der Waals surface area contributed by atoms with Gasteiger partial charge in [-0.25, -0.2) is 9.37 Å². The molecule has 32 heavy (non-hydrogen) atoms. The Hall–Kier alpha value is -2.98. The van der Waals surface area contributed by atoms with Crippen LogP contribution in [0.2, 0.25) is 5.02 Å². The van der Waals surface area contributed by atoms with E-state index < -0.39 is 17.6 Å². The largest absolute Gasteiger partial charge is 0.383 e. The van der Waals surface area contributed by atoms with Crippen molar-refractivity contribution in [1.29, 1.82) is 0 Å². The van der Waals surface area contributed by atoms with Gasteiger partial charge in [0.2, 0.25) is 5.91 Å². The van der Waals surface area contributed by atoms with E-state index >= 15 is 0 Å². The fourth-order valence-corrected chi connectivity index (χ4v) is 3.79. The van der Waals surface area contributed by atoms with Gasteiger partial charge in [-0.1, -0.05) is 11.6 Å². The number of halogens is 2. The number of carbonyl (C=O) groups is 3. The van der Waals surface area contributed by atoms with E-state index in [0.29, 0.717) is 44.5 Å². The molecule has 0 aliphatic heterocycles. The lowest BCUT2D eigenvalue weighted by molar-refractivity contribution is -0.120. The lowest BCUT2D eigenvalue weighted by Crippen LogP contribution is -2.40. The van der Waals surface area contributed by atoms with Crippen molar-refractivity contribution < 1.29 is 23.5 Å². The van der Waals surface area contributed by atoms with Crippen molar-refractivity contribution in [1.82, 2.24) is 20.6 Å². The zero-order chi connectivity index (χ0) is 23.1. The minimum atomic E-state index is -0.475.